The number of hydrogen-bond acceptors (Lipinski definition) is 4. The molecule has 0 amide bonds. The Morgan fingerprint density at radius 2 is 2.14 bits per heavy atom. The number of nitrogens with zero attached hydrogens (tertiary/aromatic N) is 3. The van der Waals surface area contributed by atoms with Crippen LogP contribution in [0.4, 0.5) is 5.82 Å². The maximum Gasteiger partial charge on any atom is 0.158 e. The summed E-state index contributed by atoms with van der Waals surface area (Å²) in [5.41, 5.74) is 0. The summed E-state index contributed by atoms with van der Waals surface area (Å²) in [5, 5.41) is 0.499. The van der Waals surface area contributed by atoms with Crippen LogP contribution in [0.5, 0.6) is 0 Å². The van der Waals surface area contributed by atoms with Gasteiger partial charge in [0.2, 0.25) is 0 Å². The highest BCUT2D eigenvalue weighted by molar-refractivity contribution is 6.29. The third kappa shape index (κ3) is 4.82. The van der Waals surface area contributed by atoms with Gasteiger partial charge in [-0.15, -0.1) is 0 Å². The van der Waals surface area contributed by atoms with Crippen molar-refractivity contribution in [1.82, 2.24) is 9.97 Å². The van der Waals surface area contributed by atoms with Crippen LogP contribution in [0.15, 0.2) is 6.07 Å². The smallest absolute Gasteiger partial charge is 0.158 e. The first-order valence-corrected chi connectivity index (χ1v) is 8.34. The fourth-order valence-electron chi connectivity index (χ4n) is 2.89. The molecule has 1 aromatic rings. The molecule has 118 valence electrons. The van der Waals surface area contributed by atoms with Crippen molar-refractivity contribution in [3.63, 3.8) is 0 Å². The largest absolute Gasteiger partial charge is 0.374 e. The van der Waals surface area contributed by atoms with Gasteiger partial charge in [0.1, 0.15) is 17.6 Å². The summed E-state index contributed by atoms with van der Waals surface area (Å²) in [6.45, 7) is 9.78. The number of aromatic nitrogens is 2. The molecule has 1 aromatic heterocycles. The van der Waals surface area contributed by atoms with Crippen LogP contribution in [-0.2, 0) is 11.3 Å². The van der Waals surface area contributed by atoms with E-state index >= 15 is 0 Å². The second-order valence-electron chi connectivity index (χ2n) is 6.02. The third-order valence-electron chi connectivity index (χ3n) is 4.20. The quantitative estimate of drug-likeness (QED) is 0.772. The van der Waals surface area contributed by atoms with E-state index in [-0.39, 0.29) is 0 Å². The average molecular weight is 312 g/mol. The number of ether oxygens (including phenoxy) is 1. The molecule has 0 spiro atoms. The summed E-state index contributed by atoms with van der Waals surface area (Å²) < 4.78 is 5.39. The standard InChI is InChI=1S/C16H26ClN3O/c1-4-21-11-15-18-14(17)10-16(19-15)20-8-5-6-13(7-9-20)12(2)3/h10,12-13H,4-9,11H2,1-3H3. The van der Waals surface area contributed by atoms with Crippen LogP contribution in [0.3, 0.4) is 0 Å². The van der Waals surface area contributed by atoms with Gasteiger partial charge in [-0.25, -0.2) is 9.97 Å². The second-order valence-corrected chi connectivity index (χ2v) is 6.41. The highest BCUT2D eigenvalue weighted by Crippen LogP contribution is 2.27. The van der Waals surface area contributed by atoms with Crippen LogP contribution in [0, 0.1) is 11.8 Å². The van der Waals surface area contributed by atoms with Crippen LogP contribution in [-0.4, -0.2) is 29.7 Å². The Bertz CT molecular complexity index is 453. The Morgan fingerprint density at radius 3 is 2.86 bits per heavy atom. The number of halogens is 1. The van der Waals surface area contributed by atoms with E-state index in [9.17, 15) is 0 Å². The van der Waals surface area contributed by atoms with Crippen molar-refractivity contribution in [2.24, 2.45) is 11.8 Å². The molecule has 0 N–H and O–H groups in total. The fourth-order valence-corrected chi connectivity index (χ4v) is 3.08. The van der Waals surface area contributed by atoms with Crippen molar-refractivity contribution in [2.45, 2.75) is 46.6 Å². The minimum absolute atomic E-state index is 0.423. The van der Waals surface area contributed by atoms with Crippen LogP contribution >= 0.6 is 11.6 Å². The lowest BCUT2D eigenvalue weighted by atomic mass is 9.89. The molecular weight excluding hydrogens is 286 g/mol. The zero-order valence-electron chi connectivity index (χ0n) is 13.3. The van der Waals surface area contributed by atoms with Crippen LogP contribution in [0.25, 0.3) is 0 Å². The van der Waals surface area contributed by atoms with Gasteiger partial charge in [-0.3, -0.25) is 0 Å². The number of anilines is 1. The lowest BCUT2D eigenvalue weighted by Gasteiger charge is -2.23. The van der Waals surface area contributed by atoms with Gasteiger partial charge in [0, 0.05) is 25.8 Å². The van der Waals surface area contributed by atoms with Gasteiger partial charge in [-0.05, 0) is 38.0 Å². The highest BCUT2D eigenvalue weighted by atomic mass is 35.5. The van der Waals surface area contributed by atoms with E-state index in [1.54, 1.807) is 0 Å². The monoisotopic (exact) mass is 311 g/mol. The van der Waals surface area contributed by atoms with E-state index in [4.69, 9.17) is 16.3 Å². The normalized spacial score (nSPS) is 19.9. The maximum absolute atomic E-state index is 6.13. The van der Waals surface area contributed by atoms with E-state index in [1.807, 2.05) is 13.0 Å². The molecule has 1 unspecified atom stereocenters. The molecule has 1 aliphatic rings. The second kappa shape index (κ2) is 7.95. The molecule has 0 aliphatic carbocycles. The SMILES string of the molecule is CCOCc1nc(Cl)cc(N2CCCC(C(C)C)CC2)n1. The van der Waals surface area contributed by atoms with Crippen LogP contribution < -0.4 is 4.90 Å². The Balaban J connectivity index is 2.08. The van der Waals surface area contributed by atoms with Crippen molar-refractivity contribution < 1.29 is 4.74 Å². The maximum atomic E-state index is 6.13. The lowest BCUT2D eigenvalue weighted by Crippen LogP contribution is -2.26. The molecule has 1 saturated heterocycles. The average Bonchev–Trinajstić information content (AvgIpc) is 2.70. The predicted molar refractivity (Wildman–Crippen MR) is 86.8 cm³/mol. The van der Waals surface area contributed by atoms with Crippen LogP contribution in [0.2, 0.25) is 5.15 Å². The zero-order valence-corrected chi connectivity index (χ0v) is 14.1. The Hall–Kier alpha value is -0.870. The van der Waals surface area contributed by atoms with E-state index in [1.165, 1.54) is 19.3 Å². The summed E-state index contributed by atoms with van der Waals surface area (Å²) in [7, 11) is 0. The summed E-state index contributed by atoms with van der Waals surface area (Å²) in [6, 6.07) is 1.87. The Morgan fingerprint density at radius 1 is 1.33 bits per heavy atom. The Kier molecular flexibility index (Phi) is 6.24. The first kappa shape index (κ1) is 16.5. The molecule has 0 bridgehead atoms. The molecule has 2 heterocycles. The molecule has 5 heteroatoms. The molecule has 0 radical (unpaired) electrons. The van der Waals surface area contributed by atoms with Crippen molar-refractivity contribution in [3.8, 4) is 0 Å². The molecule has 21 heavy (non-hydrogen) atoms. The first-order valence-electron chi connectivity index (χ1n) is 7.96. The van der Waals surface area contributed by atoms with Gasteiger partial charge in [0.15, 0.2) is 5.82 Å². The Labute approximate surface area is 132 Å². The summed E-state index contributed by atoms with van der Waals surface area (Å²) in [6.07, 6.45) is 3.74. The van der Waals surface area contributed by atoms with Crippen molar-refractivity contribution >= 4 is 17.4 Å². The predicted octanol–water partition coefficient (Wildman–Crippen LogP) is 3.93. The minimum atomic E-state index is 0.423. The lowest BCUT2D eigenvalue weighted by molar-refractivity contribution is 0.128. The molecule has 1 fully saturated rings. The summed E-state index contributed by atoms with van der Waals surface area (Å²) in [5.74, 6) is 3.18. The van der Waals surface area contributed by atoms with Crippen molar-refractivity contribution in [1.29, 1.82) is 0 Å². The number of rotatable bonds is 5. The van der Waals surface area contributed by atoms with E-state index in [0.717, 1.165) is 30.7 Å². The molecule has 1 atom stereocenters. The molecule has 0 saturated carbocycles. The van der Waals surface area contributed by atoms with E-state index in [0.29, 0.717) is 24.2 Å². The van der Waals surface area contributed by atoms with E-state index in [2.05, 4.69) is 28.7 Å². The fraction of sp³-hybridized carbons (Fsp3) is 0.750. The molecular formula is C16H26ClN3O. The molecule has 2 rings (SSSR count). The topological polar surface area (TPSA) is 38.2 Å². The third-order valence-corrected chi connectivity index (χ3v) is 4.40. The summed E-state index contributed by atoms with van der Waals surface area (Å²) in [4.78, 5) is 11.2. The van der Waals surface area contributed by atoms with Gasteiger partial charge in [0.05, 0.1) is 0 Å². The van der Waals surface area contributed by atoms with Crippen LogP contribution in [0.1, 0.15) is 45.9 Å². The van der Waals surface area contributed by atoms with Gasteiger partial charge < -0.3 is 9.64 Å². The molecule has 0 aromatic carbocycles. The number of hydrogen-bond donors (Lipinski definition) is 0. The van der Waals surface area contributed by atoms with Crippen molar-refractivity contribution in [3.05, 3.63) is 17.0 Å². The van der Waals surface area contributed by atoms with Gasteiger partial charge in [-0.2, -0.15) is 0 Å². The summed E-state index contributed by atoms with van der Waals surface area (Å²) >= 11 is 6.13. The highest BCUT2D eigenvalue weighted by Gasteiger charge is 2.20. The van der Waals surface area contributed by atoms with Crippen molar-refractivity contribution in [2.75, 3.05) is 24.6 Å². The molecule has 1 aliphatic heterocycles. The van der Waals surface area contributed by atoms with Gasteiger partial charge in [-0.1, -0.05) is 25.4 Å². The van der Waals surface area contributed by atoms with Gasteiger partial charge >= 0.3 is 0 Å². The minimum Gasteiger partial charge on any atom is -0.374 e. The zero-order chi connectivity index (χ0) is 15.2. The molecule has 4 nitrogen and oxygen atoms in total. The first-order chi connectivity index (χ1) is 10.1. The van der Waals surface area contributed by atoms with Gasteiger partial charge in [0.25, 0.3) is 0 Å². The van der Waals surface area contributed by atoms with E-state index < -0.39 is 0 Å².